The van der Waals surface area contributed by atoms with Gasteiger partial charge in [0.15, 0.2) is 0 Å². The maximum Gasteiger partial charge on any atom is 0.252 e. The Labute approximate surface area is 145 Å². The van der Waals surface area contributed by atoms with Gasteiger partial charge in [-0.2, -0.15) is 0 Å². The van der Waals surface area contributed by atoms with Crippen molar-refractivity contribution in [1.29, 1.82) is 0 Å². The number of aromatic nitrogens is 3. The molecule has 0 radical (unpaired) electrons. The van der Waals surface area contributed by atoms with Crippen LogP contribution < -0.4 is 10.9 Å². The Hall–Kier alpha value is -2.44. The van der Waals surface area contributed by atoms with Crippen LogP contribution in [0.3, 0.4) is 0 Å². The van der Waals surface area contributed by atoms with E-state index in [9.17, 15) is 4.79 Å². The van der Waals surface area contributed by atoms with Gasteiger partial charge in [-0.1, -0.05) is 18.2 Å². The summed E-state index contributed by atoms with van der Waals surface area (Å²) >= 11 is 0. The number of hydrogen-bond acceptors (Lipinski definition) is 4. The van der Waals surface area contributed by atoms with Crippen LogP contribution >= 0.6 is 0 Å². The minimum atomic E-state index is -0.0264. The topological polar surface area (TPSA) is 71.9 Å². The van der Waals surface area contributed by atoms with Crippen LogP contribution in [0.25, 0.3) is 10.9 Å². The van der Waals surface area contributed by atoms with E-state index in [4.69, 9.17) is 4.74 Å². The molecule has 0 unspecified atom stereocenters. The van der Waals surface area contributed by atoms with E-state index < -0.39 is 0 Å². The van der Waals surface area contributed by atoms with Crippen LogP contribution in [-0.2, 0) is 18.3 Å². The molecule has 130 valence electrons. The monoisotopic (exact) mass is 338 g/mol. The molecule has 2 atom stereocenters. The second kappa shape index (κ2) is 6.82. The third kappa shape index (κ3) is 3.36. The van der Waals surface area contributed by atoms with Crippen molar-refractivity contribution in [1.82, 2.24) is 19.9 Å². The summed E-state index contributed by atoms with van der Waals surface area (Å²) in [6, 6.07) is 10.1. The highest BCUT2D eigenvalue weighted by Gasteiger charge is 2.25. The third-order valence-corrected chi connectivity index (χ3v) is 4.88. The fourth-order valence-electron chi connectivity index (χ4n) is 3.44. The van der Waals surface area contributed by atoms with Gasteiger partial charge in [-0.3, -0.25) is 4.79 Å². The number of aryl methyl sites for hydroxylation is 1. The Bertz CT molecular complexity index is 930. The van der Waals surface area contributed by atoms with Crippen LogP contribution in [0.15, 0.2) is 47.7 Å². The van der Waals surface area contributed by atoms with Gasteiger partial charge in [0, 0.05) is 37.3 Å². The Kier molecular flexibility index (Phi) is 4.38. The first kappa shape index (κ1) is 16.1. The lowest BCUT2D eigenvalue weighted by Crippen LogP contribution is -2.37. The third-order valence-electron chi connectivity index (χ3n) is 4.88. The number of rotatable bonds is 4. The first-order valence-electron chi connectivity index (χ1n) is 8.63. The van der Waals surface area contributed by atoms with Gasteiger partial charge >= 0.3 is 0 Å². The Morgan fingerprint density at radius 1 is 1.40 bits per heavy atom. The molecule has 0 spiro atoms. The molecule has 1 aliphatic rings. The average Bonchev–Trinajstić information content (AvgIpc) is 3.06. The number of nitrogens with one attached hydrogen (secondary N) is 2. The number of ether oxygens (including phenoxy) is 1. The average molecular weight is 338 g/mol. The molecule has 1 fully saturated rings. The molecule has 0 amide bonds. The van der Waals surface area contributed by atoms with Crippen molar-refractivity contribution in [2.45, 2.75) is 31.5 Å². The number of pyridine rings is 1. The molecule has 0 saturated carbocycles. The van der Waals surface area contributed by atoms with Crippen molar-refractivity contribution in [2.75, 3.05) is 6.61 Å². The van der Waals surface area contributed by atoms with Crippen LogP contribution in [0.2, 0.25) is 0 Å². The lowest BCUT2D eigenvalue weighted by Gasteiger charge is -2.30. The lowest BCUT2D eigenvalue weighted by molar-refractivity contribution is -0.00405. The molecule has 2 N–H and O–H groups in total. The van der Waals surface area contributed by atoms with Crippen LogP contribution in [0.1, 0.15) is 30.2 Å². The molecule has 4 rings (SSSR count). The zero-order valence-electron chi connectivity index (χ0n) is 14.2. The molecular weight excluding hydrogens is 316 g/mol. The van der Waals surface area contributed by atoms with E-state index in [0.29, 0.717) is 19.2 Å². The van der Waals surface area contributed by atoms with E-state index in [1.807, 2.05) is 48.1 Å². The summed E-state index contributed by atoms with van der Waals surface area (Å²) in [5.41, 5.74) is 2.71. The number of nitrogens with zero attached hydrogens (tertiary/aromatic N) is 2. The Balaban J connectivity index is 1.45. The maximum atomic E-state index is 12.3. The number of para-hydroxylation sites is 1. The molecule has 3 aromatic rings. The molecule has 6 heteroatoms. The number of fused-ring (bicyclic) bond motifs is 1. The summed E-state index contributed by atoms with van der Waals surface area (Å²) in [7, 11) is 1.98. The van der Waals surface area contributed by atoms with E-state index >= 15 is 0 Å². The molecule has 0 aliphatic carbocycles. The maximum absolute atomic E-state index is 12.3. The summed E-state index contributed by atoms with van der Waals surface area (Å²) in [6.45, 7) is 1.27. The second-order valence-electron chi connectivity index (χ2n) is 6.60. The van der Waals surface area contributed by atoms with Gasteiger partial charge in [0.05, 0.1) is 18.2 Å². The number of hydrogen-bond donors (Lipinski definition) is 2. The highest BCUT2D eigenvalue weighted by atomic mass is 16.5. The molecular formula is C19H22N4O2. The number of aromatic amines is 1. The zero-order chi connectivity index (χ0) is 17.2. The molecule has 6 nitrogen and oxygen atoms in total. The van der Waals surface area contributed by atoms with Gasteiger partial charge < -0.3 is 19.6 Å². The molecule has 1 saturated heterocycles. The van der Waals surface area contributed by atoms with Gasteiger partial charge in [0.1, 0.15) is 6.10 Å². The van der Waals surface area contributed by atoms with Crippen molar-refractivity contribution in [3.63, 3.8) is 0 Å². The normalized spacial score (nSPS) is 20.8. The van der Waals surface area contributed by atoms with Crippen molar-refractivity contribution in [2.24, 2.45) is 7.05 Å². The Morgan fingerprint density at radius 2 is 2.28 bits per heavy atom. The molecule has 3 heterocycles. The Morgan fingerprint density at radius 3 is 3.12 bits per heavy atom. The SMILES string of the molecule is Cn1cncc1[C@@H]1C[C@H](NCc2cc3ccccc3[nH]c2=O)CCO1. The van der Waals surface area contributed by atoms with Crippen LogP contribution in [0.4, 0.5) is 0 Å². The van der Waals surface area contributed by atoms with Crippen LogP contribution in [-0.4, -0.2) is 27.2 Å². The molecule has 0 bridgehead atoms. The predicted molar refractivity (Wildman–Crippen MR) is 96.3 cm³/mol. The van der Waals surface area contributed by atoms with E-state index in [-0.39, 0.29) is 11.7 Å². The molecule has 1 aliphatic heterocycles. The minimum absolute atomic E-state index is 0.0264. The summed E-state index contributed by atoms with van der Waals surface area (Å²) in [6.07, 6.45) is 5.53. The van der Waals surface area contributed by atoms with Gasteiger partial charge in [0.25, 0.3) is 5.56 Å². The second-order valence-corrected chi connectivity index (χ2v) is 6.60. The fraction of sp³-hybridized carbons (Fsp3) is 0.368. The van der Waals surface area contributed by atoms with Crippen molar-refractivity contribution in [3.8, 4) is 0 Å². The quantitative estimate of drug-likeness (QED) is 0.765. The largest absolute Gasteiger partial charge is 0.372 e. The van der Waals surface area contributed by atoms with Crippen molar-refractivity contribution < 1.29 is 4.74 Å². The standard InChI is InChI=1S/C19H22N4O2/c1-23-12-20-11-17(23)18-9-15(6-7-25-18)21-10-14-8-13-4-2-3-5-16(13)22-19(14)24/h2-5,8,11-12,15,18,21H,6-7,9-10H2,1H3,(H,22,24)/t15-,18+/m1/s1. The van der Waals surface area contributed by atoms with Gasteiger partial charge in [-0.15, -0.1) is 0 Å². The summed E-state index contributed by atoms with van der Waals surface area (Å²) < 4.78 is 7.90. The minimum Gasteiger partial charge on any atom is -0.372 e. The van der Waals surface area contributed by atoms with Crippen molar-refractivity contribution in [3.05, 3.63) is 64.5 Å². The van der Waals surface area contributed by atoms with Gasteiger partial charge in [-0.05, 0) is 30.4 Å². The van der Waals surface area contributed by atoms with E-state index in [0.717, 1.165) is 35.0 Å². The summed E-state index contributed by atoms with van der Waals surface area (Å²) in [5.74, 6) is 0. The first-order chi connectivity index (χ1) is 12.2. The zero-order valence-corrected chi connectivity index (χ0v) is 14.2. The van der Waals surface area contributed by atoms with Crippen molar-refractivity contribution >= 4 is 10.9 Å². The number of imidazole rings is 1. The highest BCUT2D eigenvalue weighted by molar-refractivity contribution is 5.78. The van der Waals surface area contributed by atoms with Gasteiger partial charge in [-0.25, -0.2) is 4.98 Å². The molecule has 1 aromatic carbocycles. The summed E-state index contributed by atoms with van der Waals surface area (Å²) in [4.78, 5) is 19.4. The van der Waals surface area contributed by atoms with E-state index in [2.05, 4.69) is 15.3 Å². The first-order valence-corrected chi connectivity index (χ1v) is 8.63. The van der Waals surface area contributed by atoms with Crippen LogP contribution in [0, 0.1) is 0 Å². The fourth-order valence-corrected chi connectivity index (χ4v) is 3.44. The molecule has 25 heavy (non-hydrogen) atoms. The van der Waals surface area contributed by atoms with Gasteiger partial charge in [0.2, 0.25) is 0 Å². The highest BCUT2D eigenvalue weighted by Crippen LogP contribution is 2.27. The van der Waals surface area contributed by atoms with E-state index in [1.54, 1.807) is 6.33 Å². The lowest BCUT2D eigenvalue weighted by atomic mass is 10.0. The van der Waals surface area contributed by atoms with E-state index in [1.165, 1.54) is 0 Å². The predicted octanol–water partition coefficient (Wildman–Crippen LogP) is 2.27. The molecule has 2 aromatic heterocycles. The van der Waals surface area contributed by atoms with Crippen LogP contribution in [0.5, 0.6) is 0 Å². The number of H-pyrrole nitrogens is 1. The smallest absolute Gasteiger partial charge is 0.252 e. The number of benzene rings is 1. The summed E-state index contributed by atoms with van der Waals surface area (Å²) in [5, 5.41) is 4.58.